The van der Waals surface area contributed by atoms with Crippen LogP contribution in [-0.2, 0) is 4.79 Å². The minimum absolute atomic E-state index is 0.0439. The van der Waals surface area contributed by atoms with Gasteiger partial charge in [0.1, 0.15) is 0 Å². The number of hydrogen-bond acceptors (Lipinski definition) is 1. The molecule has 0 fully saturated rings. The number of rotatable bonds is 6. The molecule has 1 atom stereocenters. The van der Waals surface area contributed by atoms with Crippen molar-refractivity contribution < 1.29 is 10.1 Å². The smallest absolute Gasteiger partial charge is 0.246 e. The average Bonchev–Trinajstić information content (AvgIpc) is 2.11. The van der Waals surface area contributed by atoms with Gasteiger partial charge in [0.25, 0.3) is 0 Å². The van der Waals surface area contributed by atoms with Crippen molar-refractivity contribution in [2.45, 2.75) is 33.2 Å². The molecule has 3 heteroatoms. The summed E-state index contributed by atoms with van der Waals surface area (Å²) in [7, 11) is 0. The molecular weight excluding hydrogens is 164 g/mol. The highest BCUT2D eigenvalue weighted by Crippen LogP contribution is 1.83. The van der Waals surface area contributed by atoms with Crippen molar-refractivity contribution in [2.24, 2.45) is 0 Å². The Balaban J connectivity index is 3.36. The van der Waals surface area contributed by atoms with E-state index in [9.17, 15) is 4.79 Å². The summed E-state index contributed by atoms with van der Waals surface area (Å²) in [4.78, 5) is 11.0. The van der Waals surface area contributed by atoms with E-state index in [2.05, 4.69) is 31.1 Å². The summed E-state index contributed by atoms with van der Waals surface area (Å²) in [5, 5.41) is 5.03. The fourth-order valence-corrected chi connectivity index (χ4v) is 0.871. The molecule has 13 heavy (non-hydrogen) atoms. The first kappa shape index (κ1) is 12.2. The number of carbonyl (C=O) groups is 1. The highest BCUT2D eigenvalue weighted by atomic mass is 16.1. The van der Waals surface area contributed by atoms with Crippen LogP contribution in [-0.4, -0.2) is 25.0 Å². The fourth-order valence-electron chi connectivity index (χ4n) is 0.871. The van der Waals surface area contributed by atoms with Gasteiger partial charge in [0.15, 0.2) is 0 Å². The second-order valence-electron chi connectivity index (χ2n) is 3.45. The molecule has 0 spiro atoms. The topological polar surface area (TPSA) is 45.7 Å². The first-order valence-corrected chi connectivity index (χ1v) is 4.85. The van der Waals surface area contributed by atoms with E-state index in [-0.39, 0.29) is 5.91 Å². The van der Waals surface area contributed by atoms with Crippen LogP contribution in [0.4, 0.5) is 0 Å². The van der Waals surface area contributed by atoms with Gasteiger partial charge in [-0.3, -0.25) is 4.79 Å². The van der Waals surface area contributed by atoms with Crippen molar-refractivity contribution in [1.82, 2.24) is 5.32 Å². The molecule has 3 N–H and O–H groups in total. The van der Waals surface area contributed by atoms with Crippen molar-refractivity contribution in [3.63, 3.8) is 0 Å². The van der Waals surface area contributed by atoms with Crippen LogP contribution in [0.3, 0.4) is 0 Å². The van der Waals surface area contributed by atoms with E-state index >= 15 is 0 Å². The fraction of sp³-hybridized carbons (Fsp3) is 0.700. The third kappa shape index (κ3) is 6.34. The predicted molar refractivity (Wildman–Crippen MR) is 54.4 cm³/mol. The molecule has 0 heterocycles. The second-order valence-corrected chi connectivity index (χ2v) is 3.45. The first-order valence-electron chi connectivity index (χ1n) is 4.85. The van der Waals surface area contributed by atoms with Crippen molar-refractivity contribution in [1.29, 1.82) is 0 Å². The summed E-state index contributed by atoms with van der Waals surface area (Å²) in [5.74, 6) is -0.0439. The number of quaternary nitrogens is 1. The maximum absolute atomic E-state index is 11.0. The molecule has 0 radical (unpaired) electrons. The van der Waals surface area contributed by atoms with Crippen LogP contribution in [0, 0.1) is 0 Å². The molecule has 0 saturated heterocycles. The van der Waals surface area contributed by atoms with Gasteiger partial charge < -0.3 is 10.6 Å². The van der Waals surface area contributed by atoms with Gasteiger partial charge in [-0.15, -0.1) is 0 Å². The van der Waals surface area contributed by atoms with E-state index < -0.39 is 0 Å². The van der Waals surface area contributed by atoms with Crippen molar-refractivity contribution in [2.75, 3.05) is 13.1 Å². The maximum atomic E-state index is 11.0. The highest BCUT2D eigenvalue weighted by Gasteiger charge is 2.02. The third-order valence-corrected chi connectivity index (χ3v) is 2.03. The number of nitrogens with two attached hydrogens (primary N) is 1. The van der Waals surface area contributed by atoms with Gasteiger partial charge in [0.05, 0.1) is 19.1 Å². The van der Waals surface area contributed by atoms with E-state index in [1.54, 1.807) is 6.92 Å². The van der Waals surface area contributed by atoms with E-state index in [1.165, 1.54) is 0 Å². The zero-order chi connectivity index (χ0) is 10.3. The maximum Gasteiger partial charge on any atom is 0.246 e. The summed E-state index contributed by atoms with van der Waals surface area (Å²) in [5.41, 5.74) is 0.573. The van der Waals surface area contributed by atoms with Crippen LogP contribution in [0.2, 0.25) is 0 Å². The quantitative estimate of drug-likeness (QED) is 0.445. The standard InChI is InChI=1S/C10H20N2O/c1-5-9(4)11-6-7-12-10(13)8(2)3/h9,11H,2,5-7H2,1,3-4H3,(H,12,13)/p+1. The molecule has 0 aliphatic heterocycles. The normalized spacial score (nSPS) is 12.2. The summed E-state index contributed by atoms with van der Waals surface area (Å²) in [6.07, 6.45) is 1.16. The summed E-state index contributed by atoms with van der Waals surface area (Å²) in [6.45, 7) is 11.3. The van der Waals surface area contributed by atoms with Gasteiger partial charge in [0.2, 0.25) is 5.91 Å². The lowest BCUT2D eigenvalue weighted by Crippen LogP contribution is -2.90. The van der Waals surface area contributed by atoms with E-state index in [0.29, 0.717) is 11.6 Å². The Morgan fingerprint density at radius 3 is 2.69 bits per heavy atom. The Labute approximate surface area is 80.6 Å². The van der Waals surface area contributed by atoms with Gasteiger partial charge in [0, 0.05) is 5.57 Å². The number of carbonyl (C=O) groups excluding carboxylic acids is 1. The van der Waals surface area contributed by atoms with E-state index in [4.69, 9.17) is 0 Å². The average molecular weight is 185 g/mol. The van der Waals surface area contributed by atoms with Crippen LogP contribution in [0.1, 0.15) is 27.2 Å². The Hall–Kier alpha value is -0.830. The van der Waals surface area contributed by atoms with Gasteiger partial charge in [-0.1, -0.05) is 13.5 Å². The summed E-state index contributed by atoms with van der Waals surface area (Å²) >= 11 is 0. The molecule has 0 aliphatic rings. The molecule has 0 aromatic carbocycles. The molecule has 0 aromatic heterocycles. The molecule has 0 aromatic rings. The molecular formula is C10H21N2O+. The summed E-state index contributed by atoms with van der Waals surface area (Å²) in [6, 6.07) is 0.640. The van der Waals surface area contributed by atoms with E-state index in [0.717, 1.165) is 19.5 Å². The Morgan fingerprint density at radius 1 is 1.62 bits per heavy atom. The van der Waals surface area contributed by atoms with Gasteiger partial charge >= 0.3 is 0 Å². The van der Waals surface area contributed by atoms with Crippen LogP contribution >= 0.6 is 0 Å². The lowest BCUT2D eigenvalue weighted by molar-refractivity contribution is -0.684. The van der Waals surface area contributed by atoms with Crippen LogP contribution in [0.15, 0.2) is 12.2 Å². The molecule has 1 amide bonds. The molecule has 0 rings (SSSR count). The number of hydrogen-bond donors (Lipinski definition) is 2. The van der Waals surface area contributed by atoms with Gasteiger partial charge in [-0.25, -0.2) is 0 Å². The zero-order valence-corrected chi connectivity index (χ0v) is 8.89. The first-order chi connectivity index (χ1) is 6.07. The van der Waals surface area contributed by atoms with Crippen LogP contribution in [0.25, 0.3) is 0 Å². The molecule has 3 nitrogen and oxygen atoms in total. The number of amides is 1. The highest BCUT2D eigenvalue weighted by molar-refractivity contribution is 5.91. The Kier molecular flexibility index (Phi) is 6.24. The lowest BCUT2D eigenvalue weighted by atomic mass is 10.2. The predicted octanol–water partition coefficient (Wildman–Crippen LogP) is 0.0406. The lowest BCUT2D eigenvalue weighted by Gasteiger charge is -2.08. The minimum Gasteiger partial charge on any atom is -0.347 e. The van der Waals surface area contributed by atoms with Crippen molar-refractivity contribution in [3.8, 4) is 0 Å². The Bertz CT molecular complexity index is 178. The zero-order valence-electron chi connectivity index (χ0n) is 8.89. The third-order valence-electron chi connectivity index (χ3n) is 2.03. The largest absolute Gasteiger partial charge is 0.347 e. The van der Waals surface area contributed by atoms with Crippen molar-refractivity contribution >= 4 is 5.91 Å². The second kappa shape index (κ2) is 6.66. The molecule has 0 bridgehead atoms. The number of nitrogens with one attached hydrogen (secondary N) is 1. The van der Waals surface area contributed by atoms with Crippen LogP contribution < -0.4 is 10.6 Å². The Morgan fingerprint density at radius 2 is 2.23 bits per heavy atom. The van der Waals surface area contributed by atoms with Crippen LogP contribution in [0.5, 0.6) is 0 Å². The van der Waals surface area contributed by atoms with Gasteiger partial charge in [-0.05, 0) is 20.3 Å². The minimum atomic E-state index is -0.0439. The SMILES string of the molecule is C=C(C)C(=O)NCC[NH2+]C(C)CC. The molecule has 0 saturated carbocycles. The van der Waals surface area contributed by atoms with Gasteiger partial charge in [-0.2, -0.15) is 0 Å². The molecule has 1 unspecified atom stereocenters. The monoisotopic (exact) mass is 185 g/mol. The summed E-state index contributed by atoms with van der Waals surface area (Å²) < 4.78 is 0. The molecule has 0 aliphatic carbocycles. The molecule has 76 valence electrons. The van der Waals surface area contributed by atoms with Crippen molar-refractivity contribution in [3.05, 3.63) is 12.2 Å². The van der Waals surface area contributed by atoms with E-state index in [1.807, 2.05) is 0 Å².